The third kappa shape index (κ3) is 3.64. The highest BCUT2D eigenvalue weighted by molar-refractivity contribution is 5.95. The molecule has 0 saturated carbocycles. The van der Waals surface area contributed by atoms with Gasteiger partial charge in [-0.3, -0.25) is 4.79 Å². The number of amides is 1. The molecule has 0 fully saturated rings. The minimum atomic E-state index is -0.655. The summed E-state index contributed by atoms with van der Waals surface area (Å²) in [6.07, 6.45) is 1.39. The van der Waals surface area contributed by atoms with Gasteiger partial charge >= 0.3 is 0 Å². The highest BCUT2D eigenvalue weighted by Gasteiger charge is 2.23. The number of hydrogen-bond acceptors (Lipinski definition) is 4. The average molecular weight is 269 g/mol. The third-order valence-electron chi connectivity index (χ3n) is 2.69. The summed E-state index contributed by atoms with van der Waals surface area (Å²) in [5.74, 6) is -1.03. The molecular weight excluding hydrogens is 249 g/mol. The highest BCUT2D eigenvalue weighted by Crippen LogP contribution is 2.17. The highest BCUT2D eigenvalue weighted by atomic mass is 19.1. The molecule has 106 valence electrons. The number of aliphatic hydroxyl groups is 1. The maximum atomic E-state index is 14.1. The number of nitrogens with one attached hydrogen (secondary N) is 1. The fraction of sp³-hybridized carbons (Fsp3) is 0.538. The largest absolute Gasteiger partial charge is 0.395 e. The van der Waals surface area contributed by atoms with Crippen LogP contribution in [0.5, 0.6) is 0 Å². The van der Waals surface area contributed by atoms with Crippen molar-refractivity contribution >= 4 is 11.7 Å². The molecule has 1 amide bonds. The summed E-state index contributed by atoms with van der Waals surface area (Å²) >= 11 is 0. The molecule has 2 N–H and O–H groups in total. The van der Waals surface area contributed by atoms with Crippen molar-refractivity contribution in [2.24, 2.45) is 0 Å². The molecular formula is C13H20FN3O2. The SMILES string of the molecule is CCNc1nccc(C(=O)N(CCO)C(C)C)c1F. The van der Waals surface area contributed by atoms with Crippen molar-refractivity contribution in [3.05, 3.63) is 23.6 Å². The van der Waals surface area contributed by atoms with Crippen LogP contribution in [0.4, 0.5) is 10.2 Å². The molecule has 0 spiro atoms. The van der Waals surface area contributed by atoms with E-state index in [1.807, 2.05) is 20.8 Å². The van der Waals surface area contributed by atoms with Gasteiger partial charge in [-0.05, 0) is 26.8 Å². The zero-order valence-corrected chi connectivity index (χ0v) is 11.5. The quantitative estimate of drug-likeness (QED) is 0.821. The standard InChI is InChI=1S/C13H20FN3O2/c1-4-15-12-11(14)10(5-6-16-12)13(19)17(7-8-18)9(2)3/h5-6,9,18H,4,7-8H2,1-3H3,(H,15,16). The molecule has 19 heavy (non-hydrogen) atoms. The molecule has 6 heteroatoms. The molecule has 1 aromatic rings. The number of carbonyl (C=O) groups is 1. The van der Waals surface area contributed by atoms with Crippen molar-refractivity contribution < 1.29 is 14.3 Å². The van der Waals surface area contributed by atoms with Crippen molar-refractivity contribution in [2.45, 2.75) is 26.8 Å². The predicted molar refractivity (Wildman–Crippen MR) is 71.6 cm³/mol. The van der Waals surface area contributed by atoms with Crippen LogP contribution in [-0.2, 0) is 0 Å². The Labute approximate surface area is 112 Å². The number of rotatable bonds is 6. The van der Waals surface area contributed by atoms with Gasteiger partial charge in [0.2, 0.25) is 0 Å². The fourth-order valence-corrected chi connectivity index (χ4v) is 1.76. The number of nitrogens with zero attached hydrogens (tertiary/aromatic N) is 2. The maximum absolute atomic E-state index is 14.1. The minimum Gasteiger partial charge on any atom is -0.395 e. The van der Waals surface area contributed by atoms with E-state index in [-0.39, 0.29) is 30.6 Å². The molecule has 0 aliphatic carbocycles. The Hall–Kier alpha value is -1.69. The third-order valence-corrected chi connectivity index (χ3v) is 2.69. The molecule has 0 radical (unpaired) electrons. The van der Waals surface area contributed by atoms with Crippen LogP contribution in [0.1, 0.15) is 31.1 Å². The Morgan fingerprint density at radius 3 is 2.79 bits per heavy atom. The molecule has 0 atom stereocenters. The van der Waals surface area contributed by atoms with E-state index >= 15 is 0 Å². The Balaban J connectivity index is 3.07. The lowest BCUT2D eigenvalue weighted by Crippen LogP contribution is -2.39. The summed E-state index contributed by atoms with van der Waals surface area (Å²) in [5.41, 5.74) is -0.0342. The van der Waals surface area contributed by atoms with Gasteiger partial charge in [0.25, 0.3) is 5.91 Å². The number of halogens is 1. The first-order valence-electron chi connectivity index (χ1n) is 6.33. The van der Waals surface area contributed by atoms with Gasteiger partial charge in [0, 0.05) is 25.3 Å². The smallest absolute Gasteiger partial charge is 0.257 e. The minimum absolute atomic E-state index is 0.0342. The predicted octanol–water partition coefficient (Wildman–Crippen LogP) is 1.50. The van der Waals surface area contributed by atoms with Crippen LogP contribution in [0.15, 0.2) is 12.3 Å². The van der Waals surface area contributed by atoms with Crippen molar-refractivity contribution in [3.8, 4) is 0 Å². The van der Waals surface area contributed by atoms with Gasteiger partial charge in [-0.15, -0.1) is 0 Å². The maximum Gasteiger partial charge on any atom is 0.257 e. The van der Waals surface area contributed by atoms with E-state index in [0.717, 1.165) is 0 Å². The molecule has 5 nitrogen and oxygen atoms in total. The molecule has 0 aromatic carbocycles. The molecule has 0 aliphatic rings. The van der Waals surface area contributed by atoms with Crippen LogP contribution in [0, 0.1) is 5.82 Å². The van der Waals surface area contributed by atoms with Gasteiger partial charge < -0.3 is 15.3 Å². The van der Waals surface area contributed by atoms with Crippen LogP contribution in [0.3, 0.4) is 0 Å². The van der Waals surface area contributed by atoms with Gasteiger partial charge in [0.15, 0.2) is 11.6 Å². The number of aliphatic hydroxyl groups excluding tert-OH is 1. The van der Waals surface area contributed by atoms with E-state index in [0.29, 0.717) is 6.54 Å². The summed E-state index contributed by atoms with van der Waals surface area (Å²) in [5, 5.41) is 11.7. The second-order valence-corrected chi connectivity index (χ2v) is 4.37. The Kier molecular flexibility index (Phi) is 5.69. The van der Waals surface area contributed by atoms with E-state index in [1.165, 1.54) is 17.2 Å². The van der Waals surface area contributed by atoms with Crippen molar-refractivity contribution in [3.63, 3.8) is 0 Å². The lowest BCUT2D eigenvalue weighted by Gasteiger charge is -2.26. The van der Waals surface area contributed by atoms with E-state index in [2.05, 4.69) is 10.3 Å². The number of hydrogen-bond donors (Lipinski definition) is 2. The molecule has 0 saturated heterocycles. The second kappa shape index (κ2) is 7.04. The summed E-state index contributed by atoms with van der Waals surface area (Å²) < 4.78 is 14.1. The molecule has 1 heterocycles. The van der Waals surface area contributed by atoms with Gasteiger partial charge in [-0.2, -0.15) is 0 Å². The lowest BCUT2D eigenvalue weighted by atomic mass is 10.2. The Morgan fingerprint density at radius 1 is 1.58 bits per heavy atom. The monoisotopic (exact) mass is 269 g/mol. The first-order chi connectivity index (χ1) is 9.02. The van der Waals surface area contributed by atoms with E-state index < -0.39 is 11.7 Å². The molecule has 0 bridgehead atoms. The van der Waals surface area contributed by atoms with Crippen molar-refractivity contribution in [1.29, 1.82) is 0 Å². The molecule has 0 aliphatic heterocycles. The first kappa shape index (κ1) is 15.4. The number of carbonyl (C=O) groups excluding carboxylic acids is 1. The average Bonchev–Trinajstić information content (AvgIpc) is 2.37. The van der Waals surface area contributed by atoms with Crippen LogP contribution in [0.25, 0.3) is 0 Å². The first-order valence-corrected chi connectivity index (χ1v) is 6.33. The normalized spacial score (nSPS) is 10.6. The van der Waals surface area contributed by atoms with Gasteiger partial charge in [0.1, 0.15) is 0 Å². The molecule has 0 unspecified atom stereocenters. The Bertz CT molecular complexity index is 438. The van der Waals surface area contributed by atoms with Crippen LogP contribution in [-0.4, -0.2) is 46.6 Å². The van der Waals surface area contributed by atoms with E-state index in [4.69, 9.17) is 5.11 Å². The number of aromatic nitrogens is 1. The lowest BCUT2D eigenvalue weighted by molar-refractivity contribution is 0.0660. The topological polar surface area (TPSA) is 65.5 Å². The van der Waals surface area contributed by atoms with Gasteiger partial charge in [-0.25, -0.2) is 9.37 Å². The summed E-state index contributed by atoms with van der Waals surface area (Å²) in [6, 6.07) is 1.24. The van der Waals surface area contributed by atoms with Crippen molar-refractivity contribution in [1.82, 2.24) is 9.88 Å². The van der Waals surface area contributed by atoms with Crippen LogP contribution < -0.4 is 5.32 Å². The van der Waals surface area contributed by atoms with Gasteiger partial charge in [-0.1, -0.05) is 0 Å². The Morgan fingerprint density at radius 2 is 2.26 bits per heavy atom. The van der Waals surface area contributed by atoms with Gasteiger partial charge in [0.05, 0.1) is 12.2 Å². The molecule has 1 aromatic heterocycles. The van der Waals surface area contributed by atoms with Crippen LogP contribution in [0.2, 0.25) is 0 Å². The van der Waals surface area contributed by atoms with Crippen molar-refractivity contribution in [2.75, 3.05) is 25.0 Å². The van der Waals surface area contributed by atoms with E-state index in [1.54, 1.807) is 0 Å². The second-order valence-electron chi connectivity index (χ2n) is 4.37. The van der Waals surface area contributed by atoms with E-state index in [9.17, 15) is 9.18 Å². The summed E-state index contributed by atoms with van der Waals surface area (Å²) in [4.78, 5) is 17.6. The number of pyridine rings is 1. The fourth-order valence-electron chi connectivity index (χ4n) is 1.76. The summed E-state index contributed by atoms with van der Waals surface area (Å²) in [7, 11) is 0. The zero-order chi connectivity index (χ0) is 14.4. The zero-order valence-electron chi connectivity index (χ0n) is 11.5. The summed E-state index contributed by atoms with van der Waals surface area (Å²) in [6.45, 7) is 6.00. The number of anilines is 1. The molecule has 1 rings (SSSR count). The van der Waals surface area contributed by atoms with Crippen LogP contribution >= 0.6 is 0 Å².